The van der Waals surface area contributed by atoms with E-state index in [2.05, 4.69) is 50.1 Å². The smallest absolute Gasteiger partial charge is 0.239 e. The van der Waals surface area contributed by atoms with E-state index >= 15 is 0 Å². The number of guanidine groups is 1. The minimum atomic E-state index is 0.0318. The van der Waals surface area contributed by atoms with Crippen LogP contribution in [-0.2, 0) is 17.9 Å². The maximum Gasteiger partial charge on any atom is 0.239 e. The van der Waals surface area contributed by atoms with Crippen LogP contribution in [0.15, 0.2) is 29.3 Å². The summed E-state index contributed by atoms with van der Waals surface area (Å²) in [4.78, 5) is 18.9. The molecule has 26 heavy (non-hydrogen) atoms. The molecule has 0 spiro atoms. The van der Waals surface area contributed by atoms with Gasteiger partial charge in [-0.25, -0.2) is 4.99 Å². The van der Waals surface area contributed by atoms with Crippen molar-refractivity contribution in [2.24, 2.45) is 4.99 Å². The van der Waals surface area contributed by atoms with Crippen molar-refractivity contribution in [3.63, 3.8) is 0 Å². The Labute approximate surface area is 156 Å². The first kappa shape index (κ1) is 18.7. The Balaban J connectivity index is 1.46. The molecule has 0 radical (unpaired) electrons. The fraction of sp³-hybridized carbons (Fsp3) is 0.600. The van der Waals surface area contributed by atoms with Crippen LogP contribution in [0.5, 0.6) is 0 Å². The Morgan fingerprint density at radius 1 is 1.12 bits per heavy atom. The molecule has 1 aromatic carbocycles. The Hall–Kier alpha value is -2.08. The molecule has 6 heteroatoms. The molecule has 1 heterocycles. The van der Waals surface area contributed by atoms with Gasteiger partial charge in [0, 0.05) is 19.1 Å². The Morgan fingerprint density at radius 2 is 1.81 bits per heavy atom. The lowest BCUT2D eigenvalue weighted by molar-refractivity contribution is -0.120. The third-order valence-corrected chi connectivity index (χ3v) is 4.75. The highest BCUT2D eigenvalue weighted by molar-refractivity contribution is 5.86. The summed E-state index contributed by atoms with van der Waals surface area (Å²) in [7, 11) is 0. The molecule has 0 unspecified atom stereocenters. The first-order valence-electron chi connectivity index (χ1n) is 9.84. The normalized spacial score (nSPS) is 18.0. The molecule has 3 rings (SSSR count). The van der Waals surface area contributed by atoms with Gasteiger partial charge in [-0.3, -0.25) is 9.69 Å². The number of rotatable bonds is 8. The monoisotopic (exact) mass is 357 g/mol. The minimum absolute atomic E-state index is 0.0318. The standard InChI is InChI=1S/C20H31N5O/c1-2-21-20(23-14-19(26)24-18-9-10-18)22-13-16-5-7-17(8-6-16)15-25-11-3-4-12-25/h5-8,18H,2-4,9-15H2,1H3,(H,24,26)(H2,21,22,23). The van der Waals surface area contributed by atoms with Crippen molar-refractivity contribution in [3.8, 4) is 0 Å². The number of aliphatic imine (C=N–C) groups is 1. The van der Waals surface area contributed by atoms with Crippen LogP contribution in [0, 0.1) is 0 Å². The molecule has 3 N–H and O–H groups in total. The number of hydrogen-bond acceptors (Lipinski definition) is 3. The molecule has 1 amide bonds. The van der Waals surface area contributed by atoms with Gasteiger partial charge in [0.1, 0.15) is 0 Å². The number of nitrogens with one attached hydrogen (secondary N) is 3. The quantitative estimate of drug-likeness (QED) is 0.488. The summed E-state index contributed by atoms with van der Waals surface area (Å²) in [6.07, 6.45) is 4.86. The van der Waals surface area contributed by atoms with Crippen molar-refractivity contribution >= 4 is 11.9 Å². The van der Waals surface area contributed by atoms with E-state index in [4.69, 9.17) is 0 Å². The third kappa shape index (κ3) is 6.33. The fourth-order valence-corrected chi connectivity index (χ4v) is 3.13. The van der Waals surface area contributed by atoms with Crippen LogP contribution >= 0.6 is 0 Å². The highest BCUT2D eigenvalue weighted by Gasteiger charge is 2.22. The number of nitrogens with zero attached hydrogens (tertiary/aromatic N) is 2. The maximum absolute atomic E-state index is 11.8. The van der Waals surface area contributed by atoms with E-state index in [9.17, 15) is 4.79 Å². The third-order valence-electron chi connectivity index (χ3n) is 4.75. The van der Waals surface area contributed by atoms with E-state index < -0.39 is 0 Å². The van der Waals surface area contributed by atoms with Crippen LogP contribution in [0.3, 0.4) is 0 Å². The molecule has 2 fully saturated rings. The number of benzene rings is 1. The zero-order chi connectivity index (χ0) is 18.2. The molecule has 1 saturated carbocycles. The second-order valence-corrected chi connectivity index (χ2v) is 7.19. The largest absolute Gasteiger partial charge is 0.357 e. The lowest BCUT2D eigenvalue weighted by Crippen LogP contribution is -2.43. The second-order valence-electron chi connectivity index (χ2n) is 7.19. The molecular weight excluding hydrogens is 326 g/mol. The van der Waals surface area contributed by atoms with E-state index in [1.54, 1.807) is 0 Å². The Kier molecular flexibility index (Phi) is 6.89. The van der Waals surface area contributed by atoms with Crippen LogP contribution in [0.2, 0.25) is 0 Å². The molecule has 1 aromatic rings. The summed E-state index contributed by atoms with van der Waals surface area (Å²) in [5.41, 5.74) is 2.54. The van der Waals surface area contributed by atoms with Crippen molar-refractivity contribution in [1.29, 1.82) is 0 Å². The highest BCUT2D eigenvalue weighted by Crippen LogP contribution is 2.18. The maximum atomic E-state index is 11.8. The average molecular weight is 358 g/mol. The SMILES string of the molecule is CCNC(=NCc1ccc(CN2CCCC2)cc1)NCC(=O)NC1CC1. The zero-order valence-electron chi connectivity index (χ0n) is 15.8. The molecule has 0 aromatic heterocycles. The summed E-state index contributed by atoms with van der Waals surface area (Å²) in [6.45, 7) is 7.14. The van der Waals surface area contributed by atoms with Gasteiger partial charge >= 0.3 is 0 Å². The average Bonchev–Trinajstić information content (AvgIpc) is 3.31. The van der Waals surface area contributed by atoms with E-state index in [0.717, 1.165) is 25.9 Å². The molecule has 6 nitrogen and oxygen atoms in total. The van der Waals surface area contributed by atoms with Crippen LogP contribution in [0.25, 0.3) is 0 Å². The first-order chi connectivity index (χ1) is 12.7. The Morgan fingerprint density at radius 3 is 2.46 bits per heavy atom. The summed E-state index contributed by atoms with van der Waals surface area (Å²) in [5, 5.41) is 9.27. The Bertz CT molecular complexity index is 603. The second kappa shape index (κ2) is 9.57. The molecule has 1 aliphatic heterocycles. The number of likely N-dealkylation sites (tertiary alicyclic amines) is 1. The van der Waals surface area contributed by atoms with Gasteiger partial charge in [0.15, 0.2) is 5.96 Å². The van der Waals surface area contributed by atoms with Gasteiger partial charge in [0.25, 0.3) is 0 Å². The highest BCUT2D eigenvalue weighted by atomic mass is 16.2. The zero-order valence-corrected chi connectivity index (χ0v) is 15.8. The van der Waals surface area contributed by atoms with Crippen molar-refractivity contribution in [3.05, 3.63) is 35.4 Å². The number of amides is 1. The molecule has 1 aliphatic carbocycles. The summed E-state index contributed by atoms with van der Waals surface area (Å²) >= 11 is 0. The van der Waals surface area contributed by atoms with Gasteiger partial charge in [0.2, 0.25) is 5.91 Å². The van der Waals surface area contributed by atoms with Crippen LogP contribution in [-0.4, -0.2) is 49.0 Å². The minimum Gasteiger partial charge on any atom is -0.357 e. The van der Waals surface area contributed by atoms with E-state index in [1.807, 2.05) is 6.92 Å². The summed E-state index contributed by atoms with van der Waals surface area (Å²) in [6, 6.07) is 9.10. The van der Waals surface area contributed by atoms with Crippen molar-refractivity contribution < 1.29 is 4.79 Å². The van der Waals surface area contributed by atoms with E-state index in [0.29, 0.717) is 18.5 Å². The lowest BCUT2D eigenvalue weighted by Gasteiger charge is -2.14. The first-order valence-corrected chi connectivity index (χ1v) is 9.84. The number of carbonyl (C=O) groups excluding carboxylic acids is 1. The van der Waals surface area contributed by atoms with E-state index in [1.165, 1.54) is 37.1 Å². The van der Waals surface area contributed by atoms with Gasteiger partial charge in [-0.15, -0.1) is 0 Å². The van der Waals surface area contributed by atoms with Crippen LogP contribution in [0.1, 0.15) is 43.7 Å². The molecule has 1 saturated heterocycles. The topological polar surface area (TPSA) is 68.8 Å². The van der Waals surface area contributed by atoms with Crippen LogP contribution in [0.4, 0.5) is 0 Å². The predicted octanol–water partition coefficient (Wildman–Crippen LogP) is 1.62. The van der Waals surface area contributed by atoms with Crippen LogP contribution < -0.4 is 16.0 Å². The predicted molar refractivity (Wildman–Crippen MR) is 105 cm³/mol. The molecule has 142 valence electrons. The van der Waals surface area contributed by atoms with Gasteiger partial charge in [-0.2, -0.15) is 0 Å². The van der Waals surface area contributed by atoms with Crippen molar-refractivity contribution in [1.82, 2.24) is 20.9 Å². The van der Waals surface area contributed by atoms with Crippen molar-refractivity contribution in [2.75, 3.05) is 26.2 Å². The van der Waals surface area contributed by atoms with E-state index in [-0.39, 0.29) is 12.5 Å². The molecule has 0 bridgehead atoms. The summed E-state index contributed by atoms with van der Waals surface area (Å²) in [5.74, 6) is 0.712. The lowest BCUT2D eigenvalue weighted by atomic mass is 10.1. The van der Waals surface area contributed by atoms with Crippen molar-refractivity contribution in [2.45, 2.75) is 51.7 Å². The fourth-order valence-electron chi connectivity index (χ4n) is 3.13. The number of hydrogen-bond donors (Lipinski definition) is 3. The van der Waals surface area contributed by atoms with Gasteiger partial charge < -0.3 is 16.0 Å². The molecular formula is C20H31N5O. The van der Waals surface area contributed by atoms with Gasteiger partial charge in [-0.05, 0) is 56.8 Å². The molecule has 2 aliphatic rings. The van der Waals surface area contributed by atoms with Gasteiger partial charge in [0.05, 0.1) is 13.1 Å². The molecule has 0 atom stereocenters. The summed E-state index contributed by atoms with van der Waals surface area (Å²) < 4.78 is 0. The number of carbonyl (C=O) groups is 1. The van der Waals surface area contributed by atoms with Gasteiger partial charge in [-0.1, -0.05) is 24.3 Å².